The van der Waals surface area contributed by atoms with Gasteiger partial charge in [-0.2, -0.15) is 0 Å². The van der Waals surface area contributed by atoms with Crippen molar-refractivity contribution in [2.45, 2.75) is 19.8 Å². The number of carbonyl (C=O) groups excluding carboxylic acids is 1. The molecule has 0 radical (unpaired) electrons. The first-order chi connectivity index (χ1) is 10.0. The molecule has 2 rings (SSSR count). The highest BCUT2D eigenvalue weighted by Gasteiger charge is 2.16. The Bertz CT molecular complexity index is 658. The second-order valence-electron chi connectivity index (χ2n) is 4.83. The average Bonchev–Trinajstić information content (AvgIpc) is 2.48. The number of para-hydroxylation sites is 1. The van der Waals surface area contributed by atoms with Crippen LogP contribution in [0.4, 0.5) is 11.4 Å². The van der Waals surface area contributed by atoms with E-state index in [9.17, 15) is 4.79 Å². The summed E-state index contributed by atoms with van der Waals surface area (Å²) in [6.45, 7) is 3.98. The van der Waals surface area contributed by atoms with Gasteiger partial charge in [0.15, 0.2) is 5.69 Å². The minimum absolute atomic E-state index is 0.158. The monoisotopic (exact) mass is 348 g/mol. The Morgan fingerprint density at radius 1 is 1.24 bits per heavy atom. The van der Waals surface area contributed by atoms with Crippen molar-refractivity contribution in [1.29, 1.82) is 0 Å². The summed E-state index contributed by atoms with van der Waals surface area (Å²) in [5.74, 6) is 0.535. The topological polar surface area (TPSA) is 66.9 Å². The lowest BCUT2D eigenvalue weighted by Gasteiger charge is -2.12. The summed E-state index contributed by atoms with van der Waals surface area (Å²) in [5, 5.41) is 5.80. The van der Waals surface area contributed by atoms with E-state index in [0.717, 1.165) is 4.47 Å². The second kappa shape index (κ2) is 6.67. The highest BCUT2D eigenvalue weighted by Crippen LogP contribution is 2.23. The number of halogens is 1. The fourth-order valence-electron chi connectivity index (χ4n) is 1.77. The summed E-state index contributed by atoms with van der Waals surface area (Å²) in [6, 6.07) is 7.44. The number of nitrogens with zero attached hydrogens (tertiary/aromatic N) is 2. The molecule has 0 unspecified atom stereocenters. The lowest BCUT2D eigenvalue weighted by Crippen LogP contribution is -2.18. The zero-order valence-corrected chi connectivity index (χ0v) is 13.7. The predicted molar refractivity (Wildman–Crippen MR) is 87.8 cm³/mol. The molecule has 6 heteroatoms. The molecule has 0 spiro atoms. The molecule has 0 atom stereocenters. The Labute approximate surface area is 132 Å². The number of rotatable bonds is 4. The van der Waals surface area contributed by atoms with Gasteiger partial charge >= 0.3 is 0 Å². The molecular formula is C15H17BrN4O. The molecule has 0 saturated heterocycles. The molecule has 110 valence electrons. The van der Waals surface area contributed by atoms with Crippen molar-refractivity contribution in [1.82, 2.24) is 9.97 Å². The third kappa shape index (κ3) is 3.58. The van der Waals surface area contributed by atoms with E-state index in [1.807, 2.05) is 38.1 Å². The molecule has 5 nitrogen and oxygen atoms in total. The van der Waals surface area contributed by atoms with Gasteiger partial charge in [-0.05, 0) is 28.1 Å². The van der Waals surface area contributed by atoms with E-state index >= 15 is 0 Å². The lowest BCUT2D eigenvalue weighted by molar-refractivity contribution is 0.102. The third-order valence-electron chi connectivity index (χ3n) is 2.93. The molecule has 0 aliphatic rings. The largest absolute Gasteiger partial charge is 0.385 e. The van der Waals surface area contributed by atoms with Crippen LogP contribution in [0.2, 0.25) is 0 Å². The van der Waals surface area contributed by atoms with E-state index < -0.39 is 0 Å². The summed E-state index contributed by atoms with van der Waals surface area (Å²) >= 11 is 3.41. The molecule has 1 amide bonds. The minimum atomic E-state index is -0.268. The molecule has 1 aromatic heterocycles. The molecule has 21 heavy (non-hydrogen) atoms. The maximum atomic E-state index is 12.5. The first-order valence-corrected chi connectivity index (χ1v) is 7.42. The van der Waals surface area contributed by atoms with Gasteiger partial charge < -0.3 is 10.6 Å². The van der Waals surface area contributed by atoms with Crippen LogP contribution in [0.3, 0.4) is 0 Å². The van der Waals surface area contributed by atoms with Crippen molar-refractivity contribution in [3.8, 4) is 0 Å². The van der Waals surface area contributed by atoms with E-state index in [2.05, 4.69) is 36.5 Å². The van der Waals surface area contributed by atoms with Crippen LogP contribution in [0.25, 0.3) is 0 Å². The van der Waals surface area contributed by atoms with Crippen LogP contribution in [0.1, 0.15) is 36.1 Å². The zero-order valence-electron chi connectivity index (χ0n) is 12.1. The summed E-state index contributed by atoms with van der Waals surface area (Å²) in [5.41, 5.74) is 1.64. The number of hydrogen-bond donors (Lipinski definition) is 2. The molecule has 1 heterocycles. The highest BCUT2D eigenvalue weighted by atomic mass is 79.9. The number of hydrogen-bond acceptors (Lipinski definition) is 4. The Morgan fingerprint density at radius 3 is 2.57 bits per heavy atom. The SMILES string of the molecule is CNc1cnc(C(C)C)nc1C(=O)Nc1ccccc1Br. The van der Waals surface area contributed by atoms with Gasteiger partial charge in [0.05, 0.1) is 17.6 Å². The minimum Gasteiger partial charge on any atom is -0.385 e. The van der Waals surface area contributed by atoms with Crippen LogP contribution < -0.4 is 10.6 Å². The average molecular weight is 349 g/mol. The van der Waals surface area contributed by atoms with Gasteiger partial charge in [-0.1, -0.05) is 26.0 Å². The van der Waals surface area contributed by atoms with E-state index in [4.69, 9.17) is 0 Å². The lowest BCUT2D eigenvalue weighted by atomic mass is 10.2. The fourth-order valence-corrected chi connectivity index (χ4v) is 2.16. The van der Waals surface area contributed by atoms with Crippen LogP contribution in [-0.4, -0.2) is 22.9 Å². The van der Waals surface area contributed by atoms with Gasteiger partial charge in [-0.25, -0.2) is 9.97 Å². The smallest absolute Gasteiger partial charge is 0.276 e. The molecule has 2 N–H and O–H groups in total. The Morgan fingerprint density at radius 2 is 1.95 bits per heavy atom. The number of aromatic nitrogens is 2. The Balaban J connectivity index is 2.34. The maximum Gasteiger partial charge on any atom is 0.276 e. The van der Waals surface area contributed by atoms with Crippen molar-refractivity contribution in [3.63, 3.8) is 0 Å². The van der Waals surface area contributed by atoms with Crippen molar-refractivity contribution in [2.24, 2.45) is 0 Å². The van der Waals surface area contributed by atoms with Gasteiger partial charge in [-0.3, -0.25) is 4.79 Å². The van der Waals surface area contributed by atoms with Gasteiger partial charge in [0.25, 0.3) is 5.91 Å². The van der Waals surface area contributed by atoms with Crippen LogP contribution >= 0.6 is 15.9 Å². The molecule has 0 fully saturated rings. The van der Waals surface area contributed by atoms with Crippen molar-refractivity contribution < 1.29 is 4.79 Å². The number of nitrogens with one attached hydrogen (secondary N) is 2. The molecule has 1 aromatic carbocycles. The fraction of sp³-hybridized carbons (Fsp3) is 0.267. The number of amides is 1. The highest BCUT2D eigenvalue weighted by molar-refractivity contribution is 9.10. The van der Waals surface area contributed by atoms with E-state index in [1.54, 1.807) is 13.2 Å². The maximum absolute atomic E-state index is 12.5. The molecular weight excluding hydrogens is 332 g/mol. The number of anilines is 2. The molecule has 2 aromatic rings. The first kappa shape index (κ1) is 15.4. The summed E-state index contributed by atoms with van der Waals surface area (Å²) < 4.78 is 0.822. The molecule has 0 aliphatic carbocycles. The third-order valence-corrected chi connectivity index (χ3v) is 3.62. The van der Waals surface area contributed by atoms with Crippen LogP contribution in [0, 0.1) is 0 Å². The second-order valence-corrected chi connectivity index (χ2v) is 5.68. The van der Waals surface area contributed by atoms with Crippen molar-refractivity contribution in [3.05, 3.63) is 46.5 Å². The van der Waals surface area contributed by atoms with E-state index in [0.29, 0.717) is 22.9 Å². The van der Waals surface area contributed by atoms with Crippen molar-refractivity contribution in [2.75, 3.05) is 17.7 Å². The molecule has 0 bridgehead atoms. The normalized spacial score (nSPS) is 10.5. The number of carbonyl (C=O) groups is 1. The number of benzene rings is 1. The van der Waals surface area contributed by atoms with Crippen molar-refractivity contribution >= 4 is 33.2 Å². The Hall–Kier alpha value is -1.95. The predicted octanol–water partition coefficient (Wildman–Crippen LogP) is 3.66. The van der Waals surface area contributed by atoms with Gasteiger partial charge in [0.1, 0.15) is 5.82 Å². The first-order valence-electron chi connectivity index (χ1n) is 6.63. The summed E-state index contributed by atoms with van der Waals surface area (Å²) in [6.07, 6.45) is 1.64. The van der Waals surface area contributed by atoms with Crippen LogP contribution in [0.15, 0.2) is 34.9 Å². The summed E-state index contributed by atoms with van der Waals surface area (Å²) in [7, 11) is 1.74. The van der Waals surface area contributed by atoms with E-state index in [1.165, 1.54) is 0 Å². The van der Waals surface area contributed by atoms with E-state index in [-0.39, 0.29) is 11.8 Å². The van der Waals surface area contributed by atoms with Crippen LogP contribution in [0.5, 0.6) is 0 Å². The molecule has 0 saturated carbocycles. The van der Waals surface area contributed by atoms with Crippen LogP contribution in [-0.2, 0) is 0 Å². The zero-order chi connectivity index (χ0) is 15.4. The Kier molecular flexibility index (Phi) is 4.90. The molecule has 0 aliphatic heterocycles. The van der Waals surface area contributed by atoms with Gasteiger partial charge in [0.2, 0.25) is 0 Å². The summed E-state index contributed by atoms with van der Waals surface area (Å²) in [4.78, 5) is 21.1. The quantitative estimate of drug-likeness (QED) is 0.884. The van der Waals surface area contributed by atoms with Gasteiger partial charge in [-0.15, -0.1) is 0 Å². The standard InChI is InChI=1S/C15H17BrN4O/c1-9(2)14-18-8-12(17-3)13(20-14)15(21)19-11-7-5-4-6-10(11)16/h4-9,17H,1-3H3,(H,19,21). The van der Waals surface area contributed by atoms with Gasteiger partial charge in [0, 0.05) is 17.4 Å².